The highest BCUT2D eigenvalue weighted by Gasteiger charge is 2.44. The summed E-state index contributed by atoms with van der Waals surface area (Å²) in [6, 6.07) is 5.72. The second-order valence-corrected chi connectivity index (χ2v) is 6.41. The van der Waals surface area contributed by atoms with Crippen LogP contribution in [-0.4, -0.2) is 66.0 Å². The van der Waals surface area contributed by atoms with Crippen molar-refractivity contribution in [1.29, 1.82) is 0 Å². The predicted molar refractivity (Wildman–Crippen MR) is 100 cm³/mol. The molecule has 0 saturated carbocycles. The van der Waals surface area contributed by atoms with E-state index in [1.54, 1.807) is 12.1 Å². The number of nitrogens with zero attached hydrogens (tertiary/aromatic N) is 5. The number of hydrazone groups is 1. The number of nitrogen functional groups attached to an aromatic ring is 1. The third kappa shape index (κ3) is 3.61. The SMILES string of the molecule is Nc1nc(N/N=C/c2ccc(F)cc2)nc2c1ncn2C1OC(CO)C(O)C1O. The zero-order valence-corrected chi connectivity index (χ0v) is 14.9. The number of aliphatic hydroxyl groups excluding tert-OH is 3. The van der Waals surface area contributed by atoms with E-state index in [0.29, 0.717) is 5.56 Å². The van der Waals surface area contributed by atoms with Crippen LogP contribution >= 0.6 is 0 Å². The molecule has 152 valence electrons. The zero-order chi connectivity index (χ0) is 20.5. The molecule has 1 aromatic carbocycles. The van der Waals surface area contributed by atoms with Crippen molar-refractivity contribution in [3.63, 3.8) is 0 Å². The Morgan fingerprint density at radius 1 is 1.24 bits per heavy atom. The summed E-state index contributed by atoms with van der Waals surface area (Å²) in [6.07, 6.45) is -1.72. The topological polar surface area (TPSA) is 164 Å². The summed E-state index contributed by atoms with van der Waals surface area (Å²) in [5, 5.41) is 33.5. The molecule has 1 aliphatic rings. The molecule has 12 heteroatoms. The maximum absolute atomic E-state index is 12.9. The van der Waals surface area contributed by atoms with Crippen molar-refractivity contribution in [1.82, 2.24) is 19.5 Å². The van der Waals surface area contributed by atoms with E-state index in [1.807, 2.05) is 0 Å². The lowest BCUT2D eigenvalue weighted by molar-refractivity contribution is -0.0511. The smallest absolute Gasteiger partial charge is 0.247 e. The van der Waals surface area contributed by atoms with E-state index < -0.39 is 31.1 Å². The average Bonchev–Trinajstić information content (AvgIpc) is 3.25. The fourth-order valence-electron chi connectivity index (χ4n) is 3.00. The van der Waals surface area contributed by atoms with Crippen molar-refractivity contribution in [2.24, 2.45) is 5.10 Å². The quantitative estimate of drug-likeness (QED) is 0.282. The number of nitrogens with two attached hydrogens (primary N) is 1. The first-order chi connectivity index (χ1) is 14.0. The van der Waals surface area contributed by atoms with Gasteiger partial charge in [0.15, 0.2) is 17.7 Å². The monoisotopic (exact) mass is 403 g/mol. The minimum Gasteiger partial charge on any atom is -0.394 e. The summed E-state index contributed by atoms with van der Waals surface area (Å²) in [4.78, 5) is 12.5. The van der Waals surface area contributed by atoms with E-state index in [0.717, 1.165) is 0 Å². The van der Waals surface area contributed by atoms with Gasteiger partial charge in [0, 0.05) is 0 Å². The molecule has 0 bridgehead atoms. The number of benzene rings is 1. The van der Waals surface area contributed by atoms with Crippen molar-refractivity contribution in [3.05, 3.63) is 42.0 Å². The maximum atomic E-state index is 12.9. The molecular weight excluding hydrogens is 385 g/mol. The molecule has 4 atom stereocenters. The Morgan fingerprint density at radius 3 is 2.69 bits per heavy atom. The molecule has 3 aromatic rings. The number of ether oxygens (including phenoxy) is 1. The summed E-state index contributed by atoms with van der Waals surface area (Å²) in [5.74, 6) is -0.225. The molecule has 4 unspecified atom stereocenters. The Labute approximate surface area is 163 Å². The third-order valence-corrected chi connectivity index (χ3v) is 4.49. The lowest BCUT2D eigenvalue weighted by atomic mass is 10.1. The van der Waals surface area contributed by atoms with Gasteiger partial charge in [0.05, 0.1) is 19.1 Å². The first kappa shape index (κ1) is 19.1. The van der Waals surface area contributed by atoms with Crippen LogP contribution in [0.5, 0.6) is 0 Å². The number of hydrogen-bond donors (Lipinski definition) is 5. The van der Waals surface area contributed by atoms with Crippen molar-refractivity contribution >= 4 is 29.1 Å². The minimum absolute atomic E-state index is 0.0573. The van der Waals surface area contributed by atoms with Crippen molar-refractivity contribution < 1.29 is 24.4 Å². The van der Waals surface area contributed by atoms with Crippen LogP contribution in [0.25, 0.3) is 11.2 Å². The Hall–Kier alpha value is -3.19. The fraction of sp³-hybridized carbons (Fsp3) is 0.294. The number of aromatic nitrogens is 4. The van der Waals surface area contributed by atoms with Gasteiger partial charge in [-0.05, 0) is 17.7 Å². The molecule has 3 heterocycles. The predicted octanol–water partition coefficient (Wildman–Crippen LogP) is -0.395. The summed E-state index contributed by atoms with van der Waals surface area (Å²) >= 11 is 0. The van der Waals surface area contributed by atoms with Crippen LogP contribution in [0, 0.1) is 5.82 Å². The molecule has 1 fully saturated rings. The van der Waals surface area contributed by atoms with E-state index in [2.05, 4.69) is 25.5 Å². The van der Waals surface area contributed by atoms with Gasteiger partial charge in [0.2, 0.25) is 5.95 Å². The number of halogens is 1. The van der Waals surface area contributed by atoms with Gasteiger partial charge in [-0.3, -0.25) is 4.57 Å². The molecule has 0 aliphatic carbocycles. The number of hydrogen-bond acceptors (Lipinski definition) is 10. The summed E-state index contributed by atoms with van der Waals surface area (Å²) in [7, 11) is 0. The second kappa shape index (κ2) is 7.67. The lowest BCUT2D eigenvalue weighted by Crippen LogP contribution is -2.33. The van der Waals surface area contributed by atoms with E-state index in [-0.39, 0.29) is 28.7 Å². The standard InChI is InChI=1S/C17H18FN7O4/c18-9-3-1-8(2-4-9)5-21-24-17-22-14(19)11-15(23-17)25(7-20-11)16-13(28)12(27)10(6-26)29-16/h1-5,7,10,12-13,16,26-28H,6H2,(H3,19,22,23,24)/b21-5+. The highest BCUT2D eigenvalue weighted by molar-refractivity contribution is 5.83. The van der Waals surface area contributed by atoms with Crippen LogP contribution in [0.1, 0.15) is 11.8 Å². The molecule has 1 saturated heterocycles. The van der Waals surface area contributed by atoms with E-state index in [9.17, 15) is 19.7 Å². The van der Waals surface area contributed by atoms with Crippen molar-refractivity contribution in [2.45, 2.75) is 24.5 Å². The van der Waals surface area contributed by atoms with E-state index in [1.165, 1.54) is 29.2 Å². The van der Waals surface area contributed by atoms with Gasteiger partial charge in [-0.2, -0.15) is 15.1 Å². The molecule has 0 amide bonds. The first-order valence-electron chi connectivity index (χ1n) is 8.65. The Kier molecular flexibility index (Phi) is 5.07. The van der Waals surface area contributed by atoms with Gasteiger partial charge < -0.3 is 25.8 Å². The van der Waals surface area contributed by atoms with Crippen molar-refractivity contribution in [3.8, 4) is 0 Å². The number of imidazole rings is 1. The summed E-state index contributed by atoms with van der Waals surface area (Å²) < 4.78 is 19.8. The molecule has 11 nitrogen and oxygen atoms in total. The molecule has 4 rings (SSSR count). The van der Waals surface area contributed by atoms with E-state index >= 15 is 0 Å². The summed E-state index contributed by atoms with van der Waals surface area (Å²) in [5.41, 5.74) is 9.73. The number of nitrogens with one attached hydrogen (secondary N) is 1. The van der Waals surface area contributed by atoms with Gasteiger partial charge >= 0.3 is 0 Å². The molecule has 2 aromatic heterocycles. The number of anilines is 2. The highest BCUT2D eigenvalue weighted by Crippen LogP contribution is 2.32. The van der Waals surface area contributed by atoms with Gasteiger partial charge in [0.25, 0.3) is 0 Å². The Balaban J connectivity index is 1.61. The molecule has 6 N–H and O–H groups in total. The zero-order valence-electron chi connectivity index (χ0n) is 14.9. The largest absolute Gasteiger partial charge is 0.394 e. The van der Waals surface area contributed by atoms with Crippen LogP contribution in [0.2, 0.25) is 0 Å². The molecule has 0 radical (unpaired) electrons. The third-order valence-electron chi connectivity index (χ3n) is 4.49. The number of fused-ring (bicyclic) bond motifs is 1. The molecule has 29 heavy (non-hydrogen) atoms. The van der Waals surface area contributed by atoms with Crippen LogP contribution in [0.3, 0.4) is 0 Å². The van der Waals surface area contributed by atoms with Crippen LogP contribution in [0.15, 0.2) is 35.7 Å². The highest BCUT2D eigenvalue weighted by atomic mass is 19.1. The van der Waals surface area contributed by atoms with Gasteiger partial charge in [-0.25, -0.2) is 14.8 Å². The van der Waals surface area contributed by atoms with Crippen LogP contribution in [-0.2, 0) is 4.74 Å². The lowest BCUT2D eigenvalue weighted by Gasteiger charge is -2.16. The Morgan fingerprint density at radius 2 is 2.00 bits per heavy atom. The average molecular weight is 403 g/mol. The van der Waals surface area contributed by atoms with E-state index in [4.69, 9.17) is 10.5 Å². The molecule has 0 spiro atoms. The minimum atomic E-state index is -1.30. The number of aliphatic hydroxyl groups is 3. The van der Waals surface area contributed by atoms with Gasteiger partial charge in [-0.15, -0.1) is 0 Å². The Bertz CT molecular complexity index is 1040. The fourth-order valence-corrected chi connectivity index (χ4v) is 3.00. The maximum Gasteiger partial charge on any atom is 0.247 e. The van der Waals surface area contributed by atoms with Crippen LogP contribution in [0.4, 0.5) is 16.2 Å². The van der Waals surface area contributed by atoms with Crippen molar-refractivity contribution in [2.75, 3.05) is 17.8 Å². The van der Waals surface area contributed by atoms with Gasteiger partial charge in [0.1, 0.15) is 29.6 Å². The first-order valence-corrected chi connectivity index (χ1v) is 8.65. The molecular formula is C17H18FN7O4. The van der Waals surface area contributed by atoms with Crippen LogP contribution < -0.4 is 11.2 Å². The summed E-state index contributed by atoms with van der Waals surface area (Å²) in [6.45, 7) is -0.455. The molecule has 1 aliphatic heterocycles. The normalized spacial score (nSPS) is 24.6. The second-order valence-electron chi connectivity index (χ2n) is 6.41. The number of rotatable bonds is 5. The van der Waals surface area contributed by atoms with Gasteiger partial charge in [-0.1, -0.05) is 12.1 Å².